The molecule has 1 saturated carbocycles. The number of morpholine rings is 1. The third-order valence-corrected chi connectivity index (χ3v) is 11.1. The minimum atomic E-state index is -4.01. The number of methoxy groups -OCH3 is 1. The number of sulfonamides is 2. The number of carbonyl (C=O) groups is 1. The maximum atomic E-state index is 13.6. The standard InChI is InChI=1S/C26H34ClN3O7S2/c1-36-25-12-11-23(17-24(25)27)39(34,35)30(21-5-3-2-4-6-21)19-26(31)28-18-20-7-9-22(10-8-20)38(32,33)29-13-15-37-16-14-29/h7-12,17,21H,2-6,13-16,18-19H2,1H3,(H,28,31). The van der Waals surface area contributed by atoms with E-state index in [9.17, 15) is 21.6 Å². The average molecular weight is 600 g/mol. The maximum Gasteiger partial charge on any atom is 0.243 e. The highest BCUT2D eigenvalue weighted by Crippen LogP contribution is 2.31. The van der Waals surface area contributed by atoms with E-state index in [1.54, 1.807) is 12.1 Å². The van der Waals surface area contributed by atoms with Crippen molar-refractivity contribution < 1.29 is 31.1 Å². The van der Waals surface area contributed by atoms with Crippen molar-refractivity contribution >= 4 is 37.6 Å². The van der Waals surface area contributed by atoms with E-state index in [0.29, 0.717) is 50.5 Å². The van der Waals surface area contributed by atoms with Gasteiger partial charge in [-0.25, -0.2) is 16.8 Å². The lowest BCUT2D eigenvalue weighted by molar-refractivity contribution is -0.121. The van der Waals surface area contributed by atoms with Gasteiger partial charge in [0.15, 0.2) is 0 Å². The summed E-state index contributed by atoms with van der Waals surface area (Å²) in [5, 5.41) is 2.95. The summed E-state index contributed by atoms with van der Waals surface area (Å²) in [7, 11) is -6.17. The third-order valence-electron chi connectivity index (χ3n) is 7.03. The number of rotatable bonds is 10. The zero-order valence-corrected chi connectivity index (χ0v) is 24.2. The van der Waals surface area contributed by atoms with Crippen LogP contribution in [0.5, 0.6) is 5.75 Å². The number of carbonyl (C=O) groups excluding carboxylic acids is 1. The molecule has 1 heterocycles. The number of amides is 1. The van der Waals surface area contributed by atoms with Crippen molar-refractivity contribution in [1.29, 1.82) is 0 Å². The first-order valence-corrected chi connectivity index (χ1v) is 16.2. The molecule has 2 aliphatic rings. The van der Waals surface area contributed by atoms with Crippen LogP contribution < -0.4 is 10.1 Å². The van der Waals surface area contributed by atoms with Gasteiger partial charge in [0.1, 0.15) is 5.75 Å². The minimum Gasteiger partial charge on any atom is -0.495 e. The molecule has 2 aromatic rings. The van der Waals surface area contributed by atoms with Crippen molar-refractivity contribution in [3.63, 3.8) is 0 Å². The molecule has 0 bridgehead atoms. The molecule has 4 rings (SSSR count). The van der Waals surface area contributed by atoms with E-state index in [4.69, 9.17) is 21.1 Å². The third kappa shape index (κ3) is 7.11. The van der Waals surface area contributed by atoms with Gasteiger partial charge in [-0.05, 0) is 48.7 Å². The van der Waals surface area contributed by atoms with Crippen molar-refractivity contribution in [3.8, 4) is 5.75 Å². The number of halogens is 1. The lowest BCUT2D eigenvalue weighted by atomic mass is 9.95. The summed E-state index contributed by atoms with van der Waals surface area (Å²) in [5.74, 6) is -0.0879. The molecule has 0 radical (unpaired) electrons. The Hall–Kier alpha value is -2.22. The highest BCUT2D eigenvalue weighted by molar-refractivity contribution is 7.89. The topological polar surface area (TPSA) is 122 Å². The molecular formula is C26H34ClN3O7S2. The Labute approximate surface area is 235 Å². The van der Waals surface area contributed by atoms with E-state index in [2.05, 4.69) is 5.32 Å². The largest absolute Gasteiger partial charge is 0.495 e. The second-order valence-electron chi connectivity index (χ2n) is 9.58. The minimum absolute atomic E-state index is 0.00346. The van der Waals surface area contributed by atoms with Gasteiger partial charge in [0, 0.05) is 25.7 Å². The molecule has 0 spiro atoms. The summed E-state index contributed by atoms with van der Waals surface area (Å²) in [6, 6.07) is 10.3. The zero-order chi connectivity index (χ0) is 28.0. The number of nitrogens with zero attached hydrogens (tertiary/aromatic N) is 2. The van der Waals surface area contributed by atoms with Gasteiger partial charge < -0.3 is 14.8 Å². The van der Waals surface area contributed by atoms with E-state index in [0.717, 1.165) is 19.3 Å². The van der Waals surface area contributed by atoms with Crippen LogP contribution >= 0.6 is 11.6 Å². The zero-order valence-electron chi connectivity index (χ0n) is 21.8. The lowest BCUT2D eigenvalue weighted by Crippen LogP contribution is -2.46. The van der Waals surface area contributed by atoms with Crippen LogP contribution in [0.25, 0.3) is 0 Å². The molecule has 214 valence electrons. The molecular weight excluding hydrogens is 566 g/mol. The Kier molecular flexibility index (Phi) is 9.89. The quantitative estimate of drug-likeness (QED) is 0.445. The van der Waals surface area contributed by atoms with Gasteiger partial charge in [-0.15, -0.1) is 0 Å². The Bertz CT molecular complexity index is 1360. The number of ether oxygens (including phenoxy) is 2. The first-order chi connectivity index (χ1) is 18.6. The molecule has 13 heteroatoms. The molecule has 2 fully saturated rings. The second kappa shape index (κ2) is 13.0. The lowest BCUT2D eigenvalue weighted by Gasteiger charge is -2.33. The molecule has 1 aliphatic heterocycles. The van der Waals surface area contributed by atoms with Gasteiger partial charge in [0.25, 0.3) is 0 Å². The number of nitrogens with one attached hydrogen (secondary N) is 1. The fraction of sp³-hybridized carbons (Fsp3) is 0.500. The molecule has 39 heavy (non-hydrogen) atoms. The van der Waals surface area contributed by atoms with Crippen molar-refractivity contribution in [3.05, 3.63) is 53.1 Å². The number of hydrogen-bond acceptors (Lipinski definition) is 7. The molecule has 0 aromatic heterocycles. The first kappa shape index (κ1) is 29.8. The van der Waals surface area contributed by atoms with Crippen LogP contribution in [0, 0.1) is 0 Å². The first-order valence-electron chi connectivity index (χ1n) is 12.9. The van der Waals surface area contributed by atoms with E-state index in [1.807, 2.05) is 0 Å². The molecule has 2 aromatic carbocycles. The summed E-state index contributed by atoms with van der Waals surface area (Å²) in [6.45, 7) is 1.14. The van der Waals surface area contributed by atoms with Crippen LogP contribution in [-0.2, 0) is 36.1 Å². The van der Waals surface area contributed by atoms with Crippen LogP contribution in [0.4, 0.5) is 0 Å². The van der Waals surface area contributed by atoms with Crippen molar-refractivity contribution in [2.45, 2.75) is 54.5 Å². The Morgan fingerprint density at radius 3 is 2.28 bits per heavy atom. The predicted octanol–water partition coefficient (Wildman–Crippen LogP) is 3.01. The normalized spacial score (nSPS) is 17.7. The molecule has 1 N–H and O–H groups in total. The monoisotopic (exact) mass is 599 g/mol. The van der Waals surface area contributed by atoms with Crippen LogP contribution in [0.15, 0.2) is 52.3 Å². The van der Waals surface area contributed by atoms with E-state index >= 15 is 0 Å². The Morgan fingerprint density at radius 1 is 1.03 bits per heavy atom. The molecule has 0 atom stereocenters. The second-order valence-corrected chi connectivity index (χ2v) is 13.8. The highest BCUT2D eigenvalue weighted by atomic mass is 35.5. The van der Waals surface area contributed by atoms with E-state index in [1.165, 1.54) is 46.1 Å². The molecule has 1 saturated heterocycles. The maximum absolute atomic E-state index is 13.6. The summed E-state index contributed by atoms with van der Waals surface area (Å²) in [6.07, 6.45) is 4.16. The molecule has 1 amide bonds. The Morgan fingerprint density at radius 2 is 1.67 bits per heavy atom. The fourth-order valence-electron chi connectivity index (χ4n) is 4.84. The van der Waals surface area contributed by atoms with Crippen LogP contribution in [-0.4, -0.2) is 77.4 Å². The summed E-state index contributed by atoms with van der Waals surface area (Å²) < 4.78 is 66.0. The van der Waals surface area contributed by atoms with Crippen LogP contribution in [0.3, 0.4) is 0 Å². The smallest absolute Gasteiger partial charge is 0.243 e. The van der Waals surface area contributed by atoms with Gasteiger partial charge in [0.05, 0.1) is 41.7 Å². The molecule has 0 unspecified atom stereocenters. The highest BCUT2D eigenvalue weighted by Gasteiger charge is 2.34. The average Bonchev–Trinajstić information content (AvgIpc) is 2.95. The molecule has 1 aliphatic carbocycles. The van der Waals surface area contributed by atoms with Crippen molar-refractivity contribution in [1.82, 2.24) is 13.9 Å². The SMILES string of the molecule is COc1ccc(S(=O)(=O)N(CC(=O)NCc2ccc(S(=O)(=O)N3CCOCC3)cc2)C2CCCCC2)cc1Cl. The van der Waals surface area contributed by atoms with Crippen molar-refractivity contribution in [2.24, 2.45) is 0 Å². The van der Waals surface area contributed by atoms with Gasteiger partial charge in [-0.2, -0.15) is 8.61 Å². The summed E-state index contributed by atoms with van der Waals surface area (Å²) in [5.41, 5.74) is 0.693. The van der Waals surface area contributed by atoms with Gasteiger partial charge in [0.2, 0.25) is 26.0 Å². The summed E-state index contributed by atoms with van der Waals surface area (Å²) >= 11 is 6.20. The molecule has 10 nitrogen and oxygen atoms in total. The van der Waals surface area contributed by atoms with E-state index in [-0.39, 0.29) is 33.9 Å². The van der Waals surface area contributed by atoms with Gasteiger partial charge >= 0.3 is 0 Å². The summed E-state index contributed by atoms with van der Waals surface area (Å²) in [4.78, 5) is 13.1. The van der Waals surface area contributed by atoms with E-state index < -0.39 is 26.0 Å². The fourth-order valence-corrected chi connectivity index (χ4v) is 8.23. The Balaban J connectivity index is 1.44. The van der Waals surface area contributed by atoms with Crippen LogP contribution in [0.1, 0.15) is 37.7 Å². The van der Waals surface area contributed by atoms with Gasteiger partial charge in [-0.1, -0.05) is 43.0 Å². The van der Waals surface area contributed by atoms with Gasteiger partial charge in [-0.3, -0.25) is 4.79 Å². The predicted molar refractivity (Wildman–Crippen MR) is 147 cm³/mol. The number of hydrogen-bond donors (Lipinski definition) is 1. The van der Waals surface area contributed by atoms with Crippen molar-refractivity contribution in [2.75, 3.05) is 40.0 Å². The van der Waals surface area contributed by atoms with Crippen LogP contribution in [0.2, 0.25) is 5.02 Å². The number of benzene rings is 2.